The first-order chi connectivity index (χ1) is 15.5. The Kier molecular flexibility index (Phi) is 11.9. The van der Waals surface area contributed by atoms with Gasteiger partial charge < -0.3 is 5.32 Å². The molecule has 1 N–H and O–H groups in total. The van der Waals surface area contributed by atoms with Crippen molar-refractivity contribution < 1.29 is 0 Å². The Morgan fingerprint density at radius 2 is 1.62 bits per heavy atom. The zero-order chi connectivity index (χ0) is 23.2. The second-order valence-corrected chi connectivity index (χ2v) is 9.31. The van der Waals surface area contributed by atoms with Gasteiger partial charge in [0.05, 0.1) is 0 Å². The molecule has 2 rings (SSSR count). The molecule has 2 atom stereocenters. The van der Waals surface area contributed by atoms with E-state index in [-0.39, 0.29) is 0 Å². The number of rotatable bonds is 14. The molecule has 0 bridgehead atoms. The van der Waals surface area contributed by atoms with Gasteiger partial charge in [-0.25, -0.2) is 0 Å². The highest BCUT2D eigenvalue weighted by atomic mass is 14.9. The van der Waals surface area contributed by atoms with Gasteiger partial charge in [-0.1, -0.05) is 107 Å². The molecule has 32 heavy (non-hydrogen) atoms. The van der Waals surface area contributed by atoms with Crippen LogP contribution in [-0.2, 0) is 12.8 Å². The van der Waals surface area contributed by atoms with Crippen LogP contribution < -0.4 is 5.32 Å². The van der Waals surface area contributed by atoms with Gasteiger partial charge in [0.2, 0.25) is 0 Å². The molecule has 2 unspecified atom stereocenters. The van der Waals surface area contributed by atoms with E-state index in [1.54, 1.807) is 0 Å². The molecule has 0 aliphatic carbocycles. The van der Waals surface area contributed by atoms with Gasteiger partial charge in [0.25, 0.3) is 0 Å². The molecule has 2 aromatic carbocycles. The minimum absolute atomic E-state index is 0.360. The van der Waals surface area contributed by atoms with Crippen LogP contribution in [0.4, 0.5) is 0 Å². The van der Waals surface area contributed by atoms with E-state index in [4.69, 9.17) is 0 Å². The van der Waals surface area contributed by atoms with Crippen molar-refractivity contribution in [3.05, 3.63) is 94.7 Å². The third-order valence-corrected chi connectivity index (χ3v) is 6.48. The second-order valence-electron chi connectivity index (χ2n) is 9.31. The second kappa shape index (κ2) is 14.7. The van der Waals surface area contributed by atoms with Crippen LogP contribution in [-0.4, -0.2) is 6.04 Å². The number of hydrogen-bond donors (Lipinski definition) is 1. The normalized spacial score (nSPS) is 14.0. The Hall–Kier alpha value is -2.28. The van der Waals surface area contributed by atoms with Crippen molar-refractivity contribution in [3.8, 4) is 0 Å². The number of aryl methyl sites for hydroxylation is 2. The molecule has 174 valence electrons. The van der Waals surface area contributed by atoms with Crippen LogP contribution in [0.25, 0.3) is 0 Å². The molecule has 0 fully saturated rings. The monoisotopic (exact) mass is 431 g/mol. The molecule has 0 aliphatic rings. The zero-order valence-electron chi connectivity index (χ0n) is 21.2. The average molecular weight is 432 g/mol. The summed E-state index contributed by atoms with van der Waals surface area (Å²) in [5, 5.41) is 3.68. The van der Waals surface area contributed by atoms with Gasteiger partial charge in [-0.05, 0) is 67.4 Å². The maximum atomic E-state index is 3.68. The van der Waals surface area contributed by atoms with E-state index in [9.17, 15) is 0 Å². The highest BCUT2D eigenvalue weighted by Gasteiger charge is 2.10. The van der Waals surface area contributed by atoms with E-state index in [1.807, 2.05) is 0 Å². The van der Waals surface area contributed by atoms with E-state index in [0.29, 0.717) is 12.0 Å². The van der Waals surface area contributed by atoms with Crippen LogP contribution in [0.15, 0.2) is 72.5 Å². The first kappa shape index (κ1) is 26.0. The smallest absolute Gasteiger partial charge is 0.0227 e. The highest BCUT2D eigenvalue weighted by molar-refractivity contribution is 5.37. The molecule has 0 saturated carbocycles. The summed E-state index contributed by atoms with van der Waals surface area (Å²) in [5.41, 5.74) is 6.95. The fourth-order valence-electron chi connectivity index (χ4n) is 4.05. The van der Waals surface area contributed by atoms with Gasteiger partial charge in [-0.2, -0.15) is 0 Å². The first-order valence-electron chi connectivity index (χ1n) is 12.8. The van der Waals surface area contributed by atoms with Crippen LogP contribution in [0.3, 0.4) is 0 Å². The van der Waals surface area contributed by atoms with Crippen LogP contribution in [0.5, 0.6) is 0 Å². The lowest BCUT2D eigenvalue weighted by Gasteiger charge is -2.18. The summed E-state index contributed by atoms with van der Waals surface area (Å²) in [6.07, 6.45) is 16.7. The number of allylic oxidation sites excluding steroid dienone is 3. The summed E-state index contributed by atoms with van der Waals surface area (Å²) in [4.78, 5) is 0. The molecule has 0 aliphatic heterocycles. The molecule has 0 heterocycles. The standard InChI is InChI=1S/C31H45N/c1-6-8-10-15-26(4)32-24-31(19-13-18-29-17-12-11-14-25(29)3)27(5)30-22-20-28(21-23-30)16-9-7-2/h11-14,17,19-24,26-27,32H,6-10,15-16,18H2,1-5H3/b19-13-,31-24+. The third-order valence-electron chi connectivity index (χ3n) is 6.48. The van der Waals surface area contributed by atoms with Crippen LogP contribution >= 0.6 is 0 Å². The molecular weight excluding hydrogens is 386 g/mol. The van der Waals surface area contributed by atoms with Gasteiger partial charge in [-0.3, -0.25) is 0 Å². The van der Waals surface area contributed by atoms with Gasteiger partial charge in [0, 0.05) is 18.2 Å². The summed E-state index contributed by atoms with van der Waals surface area (Å²) >= 11 is 0. The van der Waals surface area contributed by atoms with Crippen LogP contribution in [0.2, 0.25) is 0 Å². The lowest BCUT2D eigenvalue weighted by atomic mass is 9.91. The summed E-state index contributed by atoms with van der Waals surface area (Å²) in [5.74, 6) is 0.360. The van der Waals surface area contributed by atoms with Crippen LogP contribution in [0.1, 0.15) is 94.4 Å². The van der Waals surface area contributed by atoms with E-state index in [0.717, 1.165) is 6.42 Å². The molecule has 0 spiro atoms. The molecular formula is C31H45N. The molecule has 0 amide bonds. The number of benzene rings is 2. The quantitative estimate of drug-likeness (QED) is 0.233. The van der Waals surface area contributed by atoms with E-state index in [2.05, 4.69) is 107 Å². The fraction of sp³-hybridized carbons (Fsp3) is 0.484. The predicted molar refractivity (Wildman–Crippen MR) is 142 cm³/mol. The van der Waals surface area contributed by atoms with E-state index >= 15 is 0 Å². The summed E-state index contributed by atoms with van der Waals surface area (Å²) in [6, 6.07) is 18.5. The lowest BCUT2D eigenvalue weighted by Crippen LogP contribution is -2.21. The fourth-order valence-corrected chi connectivity index (χ4v) is 4.05. The van der Waals surface area contributed by atoms with Gasteiger partial charge >= 0.3 is 0 Å². The average Bonchev–Trinajstić information content (AvgIpc) is 2.81. The van der Waals surface area contributed by atoms with Crippen molar-refractivity contribution >= 4 is 0 Å². The predicted octanol–water partition coefficient (Wildman–Crippen LogP) is 8.68. The van der Waals surface area contributed by atoms with Gasteiger partial charge in [0.15, 0.2) is 0 Å². The Balaban J connectivity index is 2.13. The van der Waals surface area contributed by atoms with E-state index in [1.165, 1.54) is 72.8 Å². The molecule has 0 saturated heterocycles. The molecule has 1 nitrogen and oxygen atoms in total. The van der Waals surface area contributed by atoms with Gasteiger partial charge in [-0.15, -0.1) is 0 Å². The van der Waals surface area contributed by atoms with E-state index < -0.39 is 0 Å². The number of unbranched alkanes of at least 4 members (excludes halogenated alkanes) is 3. The lowest BCUT2D eigenvalue weighted by molar-refractivity contribution is 0.539. The molecule has 0 radical (unpaired) electrons. The Morgan fingerprint density at radius 1 is 0.906 bits per heavy atom. The first-order valence-corrected chi connectivity index (χ1v) is 12.8. The Bertz CT molecular complexity index is 828. The number of nitrogens with one attached hydrogen (secondary N) is 1. The largest absolute Gasteiger partial charge is 0.388 e. The van der Waals surface area contributed by atoms with Crippen molar-refractivity contribution in [1.29, 1.82) is 0 Å². The maximum Gasteiger partial charge on any atom is 0.0227 e. The molecule has 2 aromatic rings. The number of hydrogen-bond acceptors (Lipinski definition) is 1. The summed E-state index contributed by atoms with van der Waals surface area (Å²) < 4.78 is 0. The zero-order valence-corrected chi connectivity index (χ0v) is 21.2. The highest BCUT2D eigenvalue weighted by Crippen LogP contribution is 2.26. The Labute approximate surface area is 198 Å². The van der Waals surface area contributed by atoms with Crippen molar-refractivity contribution in [2.45, 2.75) is 97.9 Å². The van der Waals surface area contributed by atoms with Crippen molar-refractivity contribution in [2.75, 3.05) is 0 Å². The van der Waals surface area contributed by atoms with Crippen molar-refractivity contribution in [1.82, 2.24) is 5.32 Å². The summed E-state index contributed by atoms with van der Waals surface area (Å²) in [7, 11) is 0. The van der Waals surface area contributed by atoms with Crippen molar-refractivity contribution in [2.24, 2.45) is 0 Å². The SMILES string of the molecule is CCCCCC(C)N/C=C(\C=C/Cc1ccccc1C)C(C)c1ccc(CCCC)cc1. The minimum atomic E-state index is 0.360. The summed E-state index contributed by atoms with van der Waals surface area (Å²) in [6.45, 7) is 11.3. The molecule has 1 heteroatoms. The maximum absolute atomic E-state index is 3.68. The van der Waals surface area contributed by atoms with Crippen LogP contribution in [0, 0.1) is 6.92 Å². The van der Waals surface area contributed by atoms with Crippen molar-refractivity contribution in [3.63, 3.8) is 0 Å². The van der Waals surface area contributed by atoms with Gasteiger partial charge in [0.1, 0.15) is 0 Å². The Morgan fingerprint density at radius 3 is 2.31 bits per heavy atom. The molecule has 0 aromatic heterocycles. The topological polar surface area (TPSA) is 12.0 Å². The minimum Gasteiger partial charge on any atom is -0.388 e. The third kappa shape index (κ3) is 9.07.